The van der Waals surface area contributed by atoms with Crippen LogP contribution < -0.4 is 10.0 Å². The highest BCUT2D eigenvalue weighted by Gasteiger charge is 2.34. The Morgan fingerprint density at radius 2 is 2.12 bits per heavy atom. The molecule has 134 valence electrons. The number of amides is 1. The van der Waals surface area contributed by atoms with Gasteiger partial charge in [-0.2, -0.15) is 0 Å². The van der Waals surface area contributed by atoms with Crippen molar-refractivity contribution >= 4 is 27.3 Å². The lowest BCUT2D eigenvalue weighted by atomic mass is 10.1. The summed E-state index contributed by atoms with van der Waals surface area (Å²) in [7, 11) is -3.16. The Morgan fingerprint density at radius 1 is 1.33 bits per heavy atom. The van der Waals surface area contributed by atoms with Crippen molar-refractivity contribution < 1.29 is 13.2 Å². The molecule has 0 radical (unpaired) electrons. The van der Waals surface area contributed by atoms with E-state index in [-0.39, 0.29) is 5.91 Å². The molecule has 0 unspecified atom stereocenters. The number of carbonyl (C=O) groups excluding carboxylic acids is 1. The van der Waals surface area contributed by atoms with E-state index in [1.165, 1.54) is 37.1 Å². The minimum Gasteiger partial charge on any atom is -0.351 e. The van der Waals surface area contributed by atoms with Crippen LogP contribution in [0.25, 0.3) is 0 Å². The van der Waals surface area contributed by atoms with E-state index in [9.17, 15) is 13.2 Å². The second-order valence-corrected chi connectivity index (χ2v) is 9.77. The third kappa shape index (κ3) is 5.27. The van der Waals surface area contributed by atoms with E-state index in [0.29, 0.717) is 23.8 Å². The van der Waals surface area contributed by atoms with Crippen molar-refractivity contribution in [2.45, 2.75) is 31.7 Å². The van der Waals surface area contributed by atoms with Gasteiger partial charge in [-0.15, -0.1) is 11.3 Å². The molecule has 0 aromatic carbocycles. The zero-order valence-corrected chi connectivity index (χ0v) is 15.6. The second-order valence-electron chi connectivity index (χ2n) is 6.77. The quantitative estimate of drug-likeness (QED) is 0.716. The molecule has 0 spiro atoms. The summed E-state index contributed by atoms with van der Waals surface area (Å²) < 4.78 is 24.5. The van der Waals surface area contributed by atoms with Gasteiger partial charge in [0.2, 0.25) is 10.0 Å². The fraction of sp³-hybridized carbons (Fsp3) is 0.688. The zero-order chi connectivity index (χ0) is 17.2. The summed E-state index contributed by atoms with van der Waals surface area (Å²) in [6, 6.07) is 4.53. The van der Waals surface area contributed by atoms with Crippen molar-refractivity contribution in [2.75, 3.05) is 32.4 Å². The van der Waals surface area contributed by atoms with Crippen LogP contribution in [0.4, 0.5) is 0 Å². The molecular weight excluding hydrogens is 346 g/mol. The Labute approximate surface area is 147 Å². The standard InChI is InChI=1S/C16H25N3O3S2/c1-24(21,22)18-8-6-14-4-5-15(23-14)16(20)17-10-12-7-9-19(11-12)13-2-3-13/h4-5,12-13,18H,2-3,6-11H2,1H3,(H,17,20)/t12-/m1/s1. The van der Waals surface area contributed by atoms with Crippen molar-refractivity contribution in [1.29, 1.82) is 0 Å². The summed E-state index contributed by atoms with van der Waals surface area (Å²) in [6.07, 6.45) is 5.60. The summed E-state index contributed by atoms with van der Waals surface area (Å²) >= 11 is 1.43. The largest absolute Gasteiger partial charge is 0.351 e. The molecule has 1 atom stereocenters. The van der Waals surface area contributed by atoms with Crippen LogP contribution >= 0.6 is 11.3 Å². The Kier molecular flexibility index (Phi) is 5.59. The molecule has 0 bridgehead atoms. The zero-order valence-electron chi connectivity index (χ0n) is 14.0. The summed E-state index contributed by atoms with van der Waals surface area (Å²) in [4.78, 5) is 16.5. The van der Waals surface area contributed by atoms with Gasteiger partial charge in [-0.3, -0.25) is 4.79 Å². The Morgan fingerprint density at radius 3 is 2.83 bits per heavy atom. The Bertz CT molecular complexity index is 682. The second kappa shape index (κ2) is 7.51. The topological polar surface area (TPSA) is 78.5 Å². The SMILES string of the molecule is CS(=O)(=O)NCCc1ccc(C(=O)NC[C@H]2CCN(C3CC3)C2)s1. The highest BCUT2D eigenvalue weighted by atomic mass is 32.2. The smallest absolute Gasteiger partial charge is 0.261 e. The van der Waals surface area contributed by atoms with Crippen molar-refractivity contribution in [3.05, 3.63) is 21.9 Å². The maximum atomic E-state index is 12.2. The highest BCUT2D eigenvalue weighted by molar-refractivity contribution is 7.88. The van der Waals surface area contributed by atoms with Crippen LogP contribution in [0.5, 0.6) is 0 Å². The first-order valence-electron chi connectivity index (χ1n) is 8.46. The van der Waals surface area contributed by atoms with Crippen LogP contribution in [0.1, 0.15) is 33.8 Å². The fourth-order valence-corrected chi connectivity index (χ4v) is 4.52. The number of nitrogens with zero attached hydrogens (tertiary/aromatic N) is 1. The molecule has 8 heteroatoms. The van der Waals surface area contributed by atoms with Crippen LogP contribution in [0.3, 0.4) is 0 Å². The summed E-state index contributed by atoms with van der Waals surface area (Å²) in [5.74, 6) is 0.542. The van der Waals surface area contributed by atoms with Crippen LogP contribution in [-0.4, -0.2) is 57.7 Å². The van der Waals surface area contributed by atoms with Crippen molar-refractivity contribution in [3.63, 3.8) is 0 Å². The number of nitrogens with one attached hydrogen (secondary N) is 2. The first kappa shape index (κ1) is 17.8. The first-order chi connectivity index (χ1) is 11.4. The number of likely N-dealkylation sites (tertiary alicyclic amines) is 1. The molecule has 1 aliphatic carbocycles. The number of thiophene rings is 1. The summed E-state index contributed by atoms with van der Waals surface area (Å²) in [6.45, 7) is 3.38. The van der Waals surface area contributed by atoms with Gasteiger partial charge in [0.25, 0.3) is 5.91 Å². The minimum atomic E-state index is -3.16. The van der Waals surface area contributed by atoms with Gasteiger partial charge in [0, 0.05) is 30.6 Å². The van der Waals surface area contributed by atoms with E-state index < -0.39 is 10.0 Å². The van der Waals surface area contributed by atoms with E-state index in [2.05, 4.69) is 14.9 Å². The molecular formula is C16H25N3O3S2. The number of hydrogen-bond donors (Lipinski definition) is 2. The predicted molar refractivity (Wildman–Crippen MR) is 95.9 cm³/mol. The lowest BCUT2D eigenvalue weighted by molar-refractivity contribution is 0.0951. The van der Waals surface area contributed by atoms with Gasteiger partial charge >= 0.3 is 0 Å². The summed E-state index contributed by atoms with van der Waals surface area (Å²) in [5, 5.41) is 3.05. The maximum Gasteiger partial charge on any atom is 0.261 e. The van der Waals surface area contributed by atoms with Crippen molar-refractivity contribution in [1.82, 2.24) is 14.9 Å². The highest BCUT2D eigenvalue weighted by Crippen LogP contribution is 2.31. The average Bonchev–Trinajstić information content (AvgIpc) is 3.07. The van der Waals surface area contributed by atoms with E-state index in [4.69, 9.17) is 0 Å². The Hall–Kier alpha value is -0.960. The van der Waals surface area contributed by atoms with E-state index >= 15 is 0 Å². The van der Waals surface area contributed by atoms with E-state index in [0.717, 1.165) is 30.3 Å². The van der Waals surface area contributed by atoms with Crippen LogP contribution in [0.15, 0.2) is 12.1 Å². The van der Waals surface area contributed by atoms with E-state index in [1.54, 1.807) is 0 Å². The molecule has 2 fully saturated rings. The Balaban J connectivity index is 1.40. The average molecular weight is 372 g/mol. The third-order valence-electron chi connectivity index (χ3n) is 4.55. The molecule has 1 amide bonds. The fourth-order valence-electron chi connectivity index (χ4n) is 3.12. The number of sulfonamides is 1. The van der Waals surface area contributed by atoms with Gasteiger partial charge in [0.15, 0.2) is 0 Å². The molecule has 6 nitrogen and oxygen atoms in total. The molecule has 3 rings (SSSR count). The molecule has 1 saturated carbocycles. The first-order valence-corrected chi connectivity index (χ1v) is 11.2. The lowest BCUT2D eigenvalue weighted by Crippen LogP contribution is -2.31. The molecule has 24 heavy (non-hydrogen) atoms. The molecule has 1 saturated heterocycles. The van der Waals surface area contributed by atoms with Crippen LogP contribution in [0.2, 0.25) is 0 Å². The lowest BCUT2D eigenvalue weighted by Gasteiger charge is -2.14. The number of rotatable bonds is 8. The van der Waals surface area contributed by atoms with Gasteiger partial charge in [-0.25, -0.2) is 13.1 Å². The molecule has 2 heterocycles. The van der Waals surface area contributed by atoms with E-state index in [1.807, 2.05) is 12.1 Å². The number of carbonyl (C=O) groups is 1. The number of hydrogen-bond acceptors (Lipinski definition) is 5. The van der Waals surface area contributed by atoms with Gasteiger partial charge in [0.05, 0.1) is 11.1 Å². The third-order valence-corrected chi connectivity index (χ3v) is 6.43. The van der Waals surface area contributed by atoms with Crippen LogP contribution in [-0.2, 0) is 16.4 Å². The van der Waals surface area contributed by atoms with Crippen molar-refractivity contribution in [3.8, 4) is 0 Å². The normalized spacial score (nSPS) is 22.0. The monoisotopic (exact) mass is 371 g/mol. The predicted octanol–water partition coefficient (Wildman–Crippen LogP) is 1.05. The molecule has 1 aromatic rings. The van der Waals surface area contributed by atoms with Gasteiger partial charge < -0.3 is 10.2 Å². The minimum absolute atomic E-state index is 0.0211. The molecule has 2 N–H and O–H groups in total. The van der Waals surface area contributed by atoms with Crippen molar-refractivity contribution in [2.24, 2.45) is 5.92 Å². The van der Waals surface area contributed by atoms with Gasteiger partial charge in [0.1, 0.15) is 0 Å². The molecule has 2 aliphatic rings. The molecule has 1 aromatic heterocycles. The van der Waals surface area contributed by atoms with Gasteiger partial charge in [-0.1, -0.05) is 0 Å². The van der Waals surface area contributed by atoms with Gasteiger partial charge in [-0.05, 0) is 50.3 Å². The summed E-state index contributed by atoms with van der Waals surface area (Å²) in [5.41, 5.74) is 0. The molecule has 1 aliphatic heterocycles. The maximum absolute atomic E-state index is 12.2. The van der Waals surface area contributed by atoms with Crippen LogP contribution in [0, 0.1) is 5.92 Å².